The molecule has 8 heteroatoms. The summed E-state index contributed by atoms with van der Waals surface area (Å²) in [6.07, 6.45) is 0. The highest BCUT2D eigenvalue weighted by Crippen LogP contribution is 2.27. The number of para-hydroxylation sites is 2. The van der Waals surface area contributed by atoms with Crippen molar-refractivity contribution in [1.29, 1.82) is 0 Å². The lowest BCUT2D eigenvalue weighted by Crippen LogP contribution is -2.34. The Labute approximate surface area is 186 Å². The van der Waals surface area contributed by atoms with Crippen LogP contribution >= 0.6 is 0 Å². The van der Waals surface area contributed by atoms with Gasteiger partial charge in [0.15, 0.2) is 0 Å². The minimum atomic E-state index is -3.85. The maximum atomic E-state index is 13.4. The van der Waals surface area contributed by atoms with Crippen LogP contribution in [0.4, 0.5) is 0 Å². The zero-order valence-electron chi connectivity index (χ0n) is 18.0. The number of benzene rings is 3. The number of ether oxygens (including phenoxy) is 1. The van der Waals surface area contributed by atoms with Crippen LogP contribution in [0.15, 0.2) is 88.6 Å². The topological polar surface area (TPSA) is 81.5 Å². The summed E-state index contributed by atoms with van der Waals surface area (Å²) in [7, 11) is -0.847. The summed E-state index contributed by atoms with van der Waals surface area (Å²) in [6.45, 7) is 1.72. The molecular formula is C24H23N3O4S. The molecule has 0 saturated heterocycles. The van der Waals surface area contributed by atoms with E-state index in [1.165, 1.54) is 35.2 Å². The van der Waals surface area contributed by atoms with E-state index in [0.29, 0.717) is 28.2 Å². The Balaban J connectivity index is 1.87. The van der Waals surface area contributed by atoms with E-state index in [4.69, 9.17) is 9.72 Å². The van der Waals surface area contributed by atoms with Crippen LogP contribution in [-0.4, -0.2) is 36.4 Å². The molecule has 0 saturated carbocycles. The first-order valence-corrected chi connectivity index (χ1v) is 11.5. The van der Waals surface area contributed by atoms with Gasteiger partial charge in [-0.1, -0.05) is 30.3 Å². The summed E-state index contributed by atoms with van der Waals surface area (Å²) in [5.41, 5.74) is 0.883. The number of aromatic nitrogens is 2. The quantitative estimate of drug-likeness (QED) is 0.448. The lowest BCUT2D eigenvalue weighted by atomic mass is 10.2. The van der Waals surface area contributed by atoms with Crippen LogP contribution in [-0.2, 0) is 10.0 Å². The van der Waals surface area contributed by atoms with Crippen molar-refractivity contribution in [3.63, 3.8) is 0 Å². The molecule has 7 nitrogen and oxygen atoms in total. The molecule has 0 fully saturated rings. The second-order valence-corrected chi connectivity index (χ2v) is 9.33. The van der Waals surface area contributed by atoms with Crippen LogP contribution in [0.2, 0.25) is 0 Å². The number of sulfonamides is 1. The largest absolute Gasteiger partial charge is 0.497 e. The van der Waals surface area contributed by atoms with Gasteiger partial charge >= 0.3 is 0 Å². The zero-order chi connectivity index (χ0) is 22.9. The number of rotatable bonds is 6. The number of methoxy groups -OCH3 is 1. The van der Waals surface area contributed by atoms with Crippen molar-refractivity contribution in [3.8, 4) is 11.4 Å². The van der Waals surface area contributed by atoms with Gasteiger partial charge in [0.05, 0.1) is 34.6 Å². The van der Waals surface area contributed by atoms with Gasteiger partial charge in [0.25, 0.3) is 5.56 Å². The molecule has 0 aliphatic heterocycles. The highest BCUT2D eigenvalue weighted by atomic mass is 32.2. The molecule has 3 aromatic carbocycles. The van der Waals surface area contributed by atoms with E-state index in [-0.39, 0.29) is 10.5 Å². The highest BCUT2D eigenvalue weighted by molar-refractivity contribution is 7.89. The van der Waals surface area contributed by atoms with Crippen molar-refractivity contribution in [3.05, 3.63) is 95.0 Å². The lowest BCUT2D eigenvalue weighted by molar-refractivity contribution is 0.379. The van der Waals surface area contributed by atoms with Crippen molar-refractivity contribution in [1.82, 2.24) is 13.9 Å². The first-order chi connectivity index (χ1) is 15.3. The normalized spacial score (nSPS) is 12.8. The molecule has 1 heterocycles. The number of hydrogen-bond donors (Lipinski definition) is 0. The Morgan fingerprint density at radius 1 is 0.938 bits per heavy atom. The molecule has 0 aliphatic rings. The molecule has 0 amide bonds. The van der Waals surface area contributed by atoms with Crippen LogP contribution in [0.3, 0.4) is 0 Å². The smallest absolute Gasteiger partial charge is 0.266 e. The first-order valence-electron chi connectivity index (χ1n) is 10.0. The van der Waals surface area contributed by atoms with E-state index in [1.54, 1.807) is 55.5 Å². The van der Waals surface area contributed by atoms with Crippen LogP contribution in [0, 0.1) is 0 Å². The van der Waals surface area contributed by atoms with Gasteiger partial charge in [-0.3, -0.25) is 9.36 Å². The van der Waals surface area contributed by atoms with Gasteiger partial charge in [0, 0.05) is 7.05 Å². The van der Waals surface area contributed by atoms with E-state index in [2.05, 4.69) is 0 Å². The molecule has 0 bridgehead atoms. The molecule has 4 aromatic rings. The van der Waals surface area contributed by atoms with E-state index in [0.717, 1.165) is 0 Å². The Morgan fingerprint density at radius 3 is 2.22 bits per heavy atom. The van der Waals surface area contributed by atoms with Gasteiger partial charge in [-0.05, 0) is 55.5 Å². The fourth-order valence-electron chi connectivity index (χ4n) is 3.54. The molecule has 1 unspecified atom stereocenters. The van der Waals surface area contributed by atoms with E-state index < -0.39 is 16.1 Å². The van der Waals surface area contributed by atoms with Crippen LogP contribution < -0.4 is 10.3 Å². The summed E-state index contributed by atoms with van der Waals surface area (Å²) >= 11 is 0. The van der Waals surface area contributed by atoms with Gasteiger partial charge in [0.2, 0.25) is 10.0 Å². The van der Waals surface area contributed by atoms with E-state index in [1.807, 2.05) is 18.2 Å². The number of nitrogens with zero attached hydrogens (tertiary/aromatic N) is 3. The minimum absolute atomic E-state index is 0.127. The minimum Gasteiger partial charge on any atom is -0.497 e. The van der Waals surface area contributed by atoms with Gasteiger partial charge in [-0.2, -0.15) is 4.31 Å². The van der Waals surface area contributed by atoms with Crippen LogP contribution in [0.1, 0.15) is 18.8 Å². The molecule has 0 radical (unpaired) electrons. The average Bonchev–Trinajstić information content (AvgIpc) is 2.83. The van der Waals surface area contributed by atoms with Gasteiger partial charge in [-0.15, -0.1) is 0 Å². The Bertz CT molecular complexity index is 1420. The maximum absolute atomic E-state index is 13.4. The van der Waals surface area contributed by atoms with Gasteiger partial charge < -0.3 is 4.74 Å². The van der Waals surface area contributed by atoms with Crippen molar-refractivity contribution in [2.24, 2.45) is 0 Å². The summed E-state index contributed by atoms with van der Waals surface area (Å²) < 4.78 is 34.5. The summed E-state index contributed by atoms with van der Waals surface area (Å²) in [4.78, 5) is 18.2. The highest BCUT2D eigenvalue weighted by Gasteiger charge is 2.30. The predicted molar refractivity (Wildman–Crippen MR) is 124 cm³/mol. The zero-order valence-corrected chi connectivity index (χ0v) is 18.8. The molecule has 0 N–H and O–H groups in total. The Kier molecular flexibility index (Phi) is 5.82. The van der Waals surface area contributed by atoms with Crippen molar-refractivity contribution in [2.45, 2.75) is 17.9 Å². The predicted octanol–water partition coefficient (Wildman–Crippen LogP) is 3.78. The summed E-state index contributed by atoms with van der Waals surface area (Å²) in [6, 6.07) is 21.6. The molecular weight excluding hydrogens is 426 g/mol. The van der Waals surface area contributed by atoms with Crippen LogP contribution in [0.25, 0.3) is 16.6 Å². The molecule has 1 atom stereocenters. The third kappa shape index (κ3) is 3.79. The molecule has 0 spiro atoms. The van der Waals surface area contributed by atoms with Crippen molar-refractivity contribution >= 4 is 20.9 Å². The molecule has 0 aliphatic carbocycles. The Hall–Kier alpha value is -3.49. The molecule has 32 heavy (non-hydrogen) atoms. The van der Waals surface area contributed by atoms with Crippen molar-refractivity contribution in [2.75, 3.05) is 14.2 Å². The summed E-state index contributed by atoms with van der Waals surface area (Å²) in [5.74, 6) is 0.897. The second kappa shape index (κ2) is 8.57. The second-order valence-electron chi connectivity index (χ2n) is 7.34. The lowest BCUT2D eigenvalue weighted by Gasteiger charge is -2.26. The SMILES string of the molecule is COc1ccc(S(=O)(=O)N(C)C(C)c2nc3ccccc3c(=O)n2-c2ccccc2)cc1. The fraction of sp³-hybridized carbons (Fsp3) is 0.167. The first kappa shape index (κ1) is 21.7. The third-order valence-electron chi connectivity index (χ3n) is 5.47. The standard InChI is InChI=1S/C24H23N3O4S/c1-17(26(2)32(29,30)20-15-13-19(31-3)14-16-20)23-25-22-12-8-7-11-21(22)24(28)27(23)18-9-5-4-6-10-18/h4-17H,1-3H3. The van der Waals surface area contributed by atoms with Gasteiger partial charge in [0.1, 0.15) is 11.6 Å². The Morgan fingerprint density at radius 2 is 1.56 bits per heavy atom. The van der Waals surface area contributed by atoms with E-state index in [9.17, 15) is 13.2 Å². The fourth-order valence-corrected chi connectivity index (χ4v) is 4.86. The van der Waals surface area contributed by atoms with Gasteiger partial charge in [-0.25, -0.2) is 13.4 Å². The average molecular weight is 450 g/mol. The van der Waals surface area contributed by atoms with Crippen LogP contribution in [0.5, 0.6) is 5.75 Å². The monoisotopic (exact) mass is 449 g/mol. The third-order valence-corrected chi connectivity index (χ3v) is 7.41. The number of hydrogen-bond acceptors (Lipinski definition) is 5. The molecule has 4 rings (SSSR count). The molecule has 164 valence electrons. The van der Waals surface area contributed by atoms with E-state index >= 15 is 0 Å². The summed E-state index contributed by atoms with van der Waals surface area (Å²) in [5, 5.41) is 0.466. The maximum Gasteiger partial charge on any atom is 0.266 e. The number of fused-ring (bicyclic) bond motifs is 1. The molecule has 1 aromatic heterocycles. The van der Waals surface area contributed by atoms with Crippen molar-refractivity contribution < 1.29 is 13.2 Å².